The first-order chi connectivity index (χ1) is 8.65. The number of aliphatic hydroxyl groups is 1. The number of hydrogen-bond donors (Lipinski definition) is 1. The average Bonchev–Trinajstić information content (AvgIpc) is 2.86. The van der Waals surface area contributed by atoms with Crippen molar-refractivity contribution in [3.8, 4) is 5.69 Å². The lowest BCUT2D eigenvalue weighted by Gasteiger charge is -2.03. The molecule has 0 aliphatic heterocycles. The van der Waals surface area contributed by atoms with Gasteiger partial charge in [0.05, 0.1) is 23.4 Å². The molecular formula is C11H12N4O3. The molecule has 0 aliphatic rings. The fourth-order valence-electron chi connectivity index (χ4n) is 1.66. The van der Waals surface area contributed by atoms with Crippen molar-refractivity contribution in [1.82, 2.24) is 15.0 Å². The van der Waals surface area contributed by atoms with Crippen LogP contribution in [0.15, 0.2) is 24.4 Å². The Bertz CT molecular complexity index is 579. The molecule has 0 aliphatic carbocycles. The van der Waals surface area contributed by atoms with Crippen molar-refractivity contribution in [3.63, 3.8) is 0 Å². The number of nitrogens with zero attached hydrogens (tertiary/aromatic N) is 4. The molecule has 0 unspecified atom stereocenters. The van der Waals surface area contributed by atoms with Gasteiger partial charge in [-0.1, -0.05) is 18.2 Å². The zero-order valence-electron chi connectivity index (χ0n) is 9.78. The maximum absolute atomic E-state index is 10.9. The molecule has 7 heteroatoms. The van der Waals surface area contributed by atoms with E-state index in [0.717, 1.165) is 0 Å². The van der Waals surface area contributed by atoms with Crippen LogP contribution in [-0.4, -0.2) is 25.0 Å². The van der Waals surface area contributed by atoms with E-state index in [1.54, 1.807) is 12.1 Å². The van der Waals surface area contributed by atoms with Crippen LogP contribution in [-0.2, 0) is 13.0 Å². The second-order valence-electron chi connectivity index (χ2n) is 3.74. The Balaban J connectivity index is 2.46. The van der Waals surface area contributed by atoms with Gasteiger partial charge in [0.25, 0.3) is 5.69 Å². The molecule has 7 nitrogen and oxygen atoms in total. The normalized spacial score (nSPS) is 10.6. The summed E-state index contributed by atoms with van der Waals surface area (Å²) in [6, 6.07) is 4.89. The minimum Gasteiger partial charge on any atom is -0.390 e. The fourth-order valence-corrected chi connectivity index (χ4v) is 1.66. The van der Waals surface area contributed by atoms with Gasteiger partial charge in [-0.05, 0) is 12.5 Å². The largest absolute Gasteiger partial charge is 0.390 e. The van der Waals surface area contributed by atoms with Crippen LogP contribution < -0.4 is 0 Å². The third-order valence-electron chi connectivity index (χ3n) is 2.61. The Labute approximate surface area is 103 Å². The number of aryl methyl sites for hydroxylation is 1. The van der Waals surface area contributed by atoms with Gasteiger partial charge >= 0.3 is 0 Å². The number of hydrogen-bond acceptors (Lipinski definition) is 5. The molecule has 18 heavy (non-hydrogen) atoms. The van der Waals surface area contributed by atoms with Crippen molar-refractivity contribution in [2.45, 2.75) is 20.0 Å². The Morgan fingerprint density at radius 2 is 2.28 bits per heavy atom. The molecule has 2 aromatic rings. The topological polar surface area (TPSA) is 94.1 Å². The van der Waals surface area contributed by atoms with Crippen LogP contribution in [0.4, 0.5) is 5.69 Å². The lowest BCUT2D eigenvalue weighted by atomic mass is 10.1. The number of rotatable bonds is 4. The zero-order valence-corrected chi connectivity index (χ0v) is 9.78. The van der Waals surface area contributed by atoms with Gasteiger partial charge in [0, 0.05) is 11.6 Å². The third kappa shape index (κ3) is 2.21. The number of benzene rings is 1. The first kappa shape index (κ1) is 12.2. The van der Waals surface area contributed by atoms with Gasteiger partial charge < -0.3 is 5.11 Å². The van der Waals surface area contributed by atoms with E-state index in [9.17, 15) is 10.1 Å². The summed E-state index contributed by atoms with van der Waals surface area (Å²) in [6.45, 7) is 1.65. The van der Waals surface area contributed by atoms with Gasteiger partial charge in [-0.3, -0.25) is 10.1 Å². The molecule has 1 N–H and O–H groups in total. The van der Waals surface area contributed by atoms with Gasteiger partial charge in [0.2, 0.25) is 0 Å². The van der Waals surface area contributed by atoms with Crippen LogP contribution in [0.2, 0.25) is 0 Å². The Hall–Kier alpha value is -2.28. The maximum Gasteiger partial charge on any atom is 0.274 e. The standard InChI is InChI=1S/C11H12N4O3/c1-2-8-3-4-10(5-11(8)15(17)18)14-6-9(7-16)12-13-14/h3-6,16H,2,7H2,1H3. The Kier molecular flexibility index (Phi) is 3.33. The van der Waals surface area contributed by atoms with E-state index in [2.05, 4.69) is 10.3 Å². The summed E-state index contributed by atoms with van der Waals surface area (Å²) in [6.07, 6.45) is 2.13. The van der Waals surface area contributed by atoms with Crippen LogP contribution >= 0.6 is 0 Å². The lowest BCUT2D eigenvalue weighted by molar-refractivity contribution is -0.385. The summed E-state index contributed by atoms with van der Waals surface area (Å²) in [4.78, 5) is 10.5. The van der Waals surface area contributed by atoms with E-state index in [0.29, 0.717) is 23.4 Å². The van der Waals surface area contributed by atoms with Crippen molar-refractivity contribution in [2.24, 2.45) is 0 Å². The van der Waals surface area contributed by atoms with Crippen LogP contribution in [0.25, 0.3) is 5.69 Å². The smallest absolute Gasteiger partial charge is 0.274 e. The van der Waals surface area contributed by atoms with E-state index in [1.165, 1.54) is 16.9 Å². The molecule has 0 saturated heterocycles. The summed E-state index contributed by atoms with van der Waals surface area (Å²) < 4.78 is 1.40. The minimum atomic E-state index is -0.410. The van der Waals surface area contributed by atoms with E-state index in [1.807, 2.05) is 6.92 Å². The van der Waals surface area contributed by atoms with E-state index < -0.39 is 4.92 Å². The highest BCUT2D eigenvalue weighted by Gasteiger charge is 2.14. The van der Waals surface area contributed by atoms with Crippen LogP contribution in [0.5, 0.6) is 0 Å². The van der Waals surface area contributed by atoms with Crippen LogP contribution in [0, 0.1) is 10.1 Å². The maximum atomic E-state index is 10.9. The van der Waals surface area contributed by atoms with Crippen molar-refractivity contribution < 1.29 is 10.0 Å². The summed E-state index contributed by atoms with van der Waals surface area (Å²) >= 11 is 0. The molecule has 1 aromatic carbocycles. The molecule has 0 radical (unpaired) electrons. The first-order valence-electron chi connectivity index (χ1n) is 5.45. The van der Waals surface area contributed by atoms with Crippen molar-refractivity contribution in [1.29, 1.82) is 0 Å². The molecular weight excluding hydrogens is 236 g/mol. The van der Waals surface area contributed by atoms with Gasteiger partial charge in [-0.2, -0.15) is 0 Å². The minimum absolute atomic E-state index is 0.0658. The van der Waals surface area contributed by atoms with E-state index >= 15 is 0 Å². The number of aliphatic hydroxyl groups excluding tert-OH is 1. The molecule has 0 amide bonds. The summed E-state index contributed by atoms with van der Waals surface area (Å²) in [5.41, 5.74) is 1.70. The second kappa shape index (κ2) is 4.92. The van der Waals surface area contributed by atoms with E-state index in [-0.39, 0.29) is 12.3 Å². The number of aromatic nitrogens is 3. The molecule has 2 rings (SSSR count). The fraction of sp³-hybridized carbons (Fsp3) is 0.273. The molecule has 1 heterocycles. The van der Waals surface area contributed by atoms with Gasteiger partial charge in [0.1, 0.15) is 5.69 Å². The van der Waals surface area contributed by atoms with E-state index in [4.69, 9.17) is 5.11 Å². The highest BCUT2D eigenvalue weighted by Crippen LogP contribution is 2.22. The highest BCUT2D eigenvalue weighted by molar-refractivity contribution is 5.49. The second-order valence-corrected chi connectivity index (χ2v) is 3.74. The highest BCUT2D eigenvalue weighted by atomic mass is 16.6. The summed E-state index contributed by atoms with van der Waals surface area (Å²) in [7, 11) is 0. The summed E-state index contributed by atoms with van der Waals surface area (Å²) in [5.74, 6) is 0. The lowest BCUT2D eigenvalue weighted by Crippen LogP contribution is -1.99. The van der Waals surface area contributed by atoms with Crippen molar-refractivity contribution in [2.75, 3.05) is 0 Å². The molecule has 0 fully saturated rings. The zero-order chi connectivity index (χ0) is 13.1. The van der Waals surface area contributed by atoms with Crippen LogP contribution in [0.3, 0.4) is 0 Å². The molecule has 1 aromatic heterocycles. The average molecular weight is 248 g/mol. The Morgan fingerprint density at radius 3 is 2.83 bits per heavy atom. The summed E-state index contributed by atoms with van der Waals surface area (Å²) in [5, 5.41) is 27.4. The molecule has 0 atom stereocenters. The van der Waals surface area contributed by atoms with Gasteiger partial charge in [-0.25, -0.2) is 4.68 Å². The number of nitro groups is 1. The quantitative estimate of drug-likeness (QED) is 0.648. The predicted octanol–water partition coefficient (Wildman–Crippen LogP) is 1.23. The predicted molar refractivity (Wildman–Crippen MR) is 63.3 cm³/mol. The monoisotopic (exact) mass is 248 g/mol. The molecule has 0 spiro atoms. The molecule has 0 bridgehead atoms. The SMILES string of the molecule is CCc1ccc(-n2cc(CO)nn2)cc1[N+](=O)[O-]. The van der Waals surface area contributed by atoms with Gasteiger partial charge in [-0.15, -0.1) is 5.10 Å². The van der Waals surface area contributed by atoms with Crippen molar-refractivity contribution >= 4 is 5.69 Å². The number of nitro benzene ring substituents is 1. The Morgan fingerprint density at radius 1 is 1.50 bits per heavy atom. The first-order valence-corrected chi connectivity index (χ1v) is 5.45. The van der Waals surface area contributed by atoms with Crippen LogP contribution in [0.1, 0.15) is 18.2 Å². The van der Waals surface area contributed by atoms with Gasteiger partial charge in [0.15, 0.2) is 0 Å². The molecule has 94 valence electrons. The molecule has 0 saturated carbocycles. The third-order valence-corrected chi connectivity index (χ3v) is 2.61. The van der Waals surface area contributed by atoms with Crippen molar-refractivity contribution in [3.05, 3.63) is 45.8 Å².